The summed E-state index contributed by atoms with van der Waals surface area (Å²) in [6.07, 6.45) is 8.52. The van der Waals surface area contributed by atoms with Crippen LogP contribution in [0.2, 0.25) is 5.02 Å². The van der Waals surface area contributed by atoms with Crippen LogP contribution in [0.4, 0.5) is 57.7 Å². The number of nitriles is 3. The second-order valence-electron chi connectivity index (χ2n) is 36.9. The number of carbonyl (C=O) groups excluding carboxylic acids is 5. The Labute approximate surface area is 862 Å². The number of carbonyl (C=O) groups is 5. The lowest BCUT2D eigenvalue weighted by atomic mass is 10.0. The Morgan fingerprint density at radius 3 is 1.03 bits per heavy atom. The summed E-state index contributed by atoms with van der Waals surface area (Å²) in [6.45, 7) is 21.4. The van der Waals surface area contributed by atoms with Gasteiger partial charge in [-0.25, -0.2) is 56.9 Å². The fraction of sp³-hybridized carbons (Fsp3) is 0.410. The number of rotatable bonds is 17. The second kappa shape index (κ2) is 50.1. The highest BCUT2D eigenvalue weighted by Crippen LogP contribution is 2.40. The van der Waals surface area contributed by atoms with E-state index < -0.39 is 52.7 Å². The van der Waals surface area contributed by atoms with Crippen LogP contribution in [0.3, 0.4) is 0 Å². The molecule has 6 fully saturated rings. The number of pyridine rings is 3. The van der Waals surface area contributed by atoms with Crippen LogP contribution in [0.15, 0.2) is 146 Å². The van der Waals surface area contributed by atoms with Crippen molar-refractivity contribution >= 4 is 76.4 Å². The average molecular weight is 2090 g/mol. The highest BCUT2D eigenvalue weighted by molar-refractivity contribution is 6.35. The molecule has 150 heavy (non-hydrogen) atoms. The molecule has 9 aromatic heterocycles. The van der Waals surface area contributed by atoms with Gasteiger partial charge in [-0.3, -0.25) is 34.8 Å². The third-order valence-corrected chi connectivity index (χ3v) is 25.1. The van der Waals surface area contributed by atoms with Gasteiger partial charge in [-0.05, 0) is 96.1 Å². The number of nitrogens with one attached hydrogen (secondary N) is 5. The summed E-state index contributed by atoms with van der Waals surface area (Å²) in [5, 5.41) is 123. The van der Waals surface area contributed by atoms with E-state index in [0.29, 0.717) is 121 Å². The van der Waals surface area contributed by atoms with E-state index in [1.54, 1.807) is 102 Å². The van der Waals surface area contributed by atoms with Gasteiger partial charge in [0.2, 0.25) is 0 Å². The normalized spacial score (nSPS) is 18.8. The summed E-state index contributed by atoms with van der Waals surface area (Å²) in [7, 11) is 0. The molecule has 46 nitrogen and oxygen atoms in total. The van der Waals surface area contributed by atoms with E-state index in [1.807, 2.05) is 52.3 Å². The fourth-order valence-electron chi connectivity index (χ4n) is 17.6. The number of fused-ring (bicyclic) bond motifs is 3. The number of aromatic amines is 4. The Hall–Kier alpha value is -15.4. The molecule has 790 valence electrons. The van der Waals surface area contributed by atoms with Gasteiger partial charge in [-0.1, -0.05) is 29.8 Å². The summed E-state index contributed by atoms with van der Waals surface area (Å²) in [5.74, 6) is 1.56. The highest BCUT2D eigenvalue weighted by atomic mass is 35.5. The van der Waals surface area contributed by atoms with Gasteiger partial charge in [0.1, 0.15) is 51.9 Å². The molecule has 50 heteroatoms. The van der Waals surface area contributed by atoms with Crippen LogP contribution >= 0.6 is 11.6 Å². The van der Waals surface area contributed by atoms with Gasteiger partial charge in [0, 0.05) is 88.1 Å². The maximum Gasteiger partial charge on any atom is 0.417 e. The molecule has 12 aromatic rings. The van der Waals surface area contributed by atoms with Gasteiger partial charge in [-0.2, -0.15) is 46.4 Å². The maximum atomic E-state index is 15.0. The number of H-pyrrole nitrogens is 4. The molecule has 6 saturated heterocycles. The first-order chi connectivity index (χ1) is 72.5. The number of benzene rings is 3. The second-order valence-corrected chi connectivity index (χ2v) is 37.3. The van der Waals surface area contributed by atoms with Crippen LogP contribution in [0.1, 0.15) is 106 Å². The monoisotopic (exact) mass is 2090 g/mol. The number of halogens is 4. The first kappa shape index (κ1) is 109. The Morgan fingerprint density at radius 2 is 0.713 bits per heavy atom. The van der Waals surface area contributed by atoms with Gasteiger partial charge >= 0.3 is 12.2 Å². The number of aliphatic hydroxyl groups is 6. The molecule has 0 spiro atoms. The lowest BCUT2D eigenvalue weighted by Gasteiger charge is -2.34. The highest BCUT2D eigenvalue weighted by Gasteiger charge is 2.43. The van der Waals surface area contributed by atoms with Crippen molar-refractivity contribution in [3.05, 3.63) is 219 Å². The van der Waals surface area contributed by atoms with Crippen molar-refractivity contribution in [3.8, 4) is 63.4 Å². The van der Waals surface area contributed by atoms with Gasteiger partial charge in [0.25, 0.3) is 17.7 Å². The Kier molecular flexibility index (Phi) is 36.3. The van der Waals surface area contributed by atoms with Crippen molar-refractivity contribution < 1.29 is 106 Å². The molecule has 21 rings (SSSR count). The fourth-order valence-corrected chi connectivity index (χ4v) is 17.9. The molecule has 5 amide bonds. The zero-order chi connectivity index (χ0) is 106. The molecule has 0 radical (unpaired) electrons. The summed E-state index contributed by atoms with van der Waals surface area (Å²) in [5.41, 5.74) is 1.41. The van der Waals surface area contributed by atoms with Crippen molar-refractivity contribution in [1.82, 2.24) is 90.4 Å². The van der Waals surface area contributed by atoms with Crippen molar-refractivity contribution in [3.63, 3.8) is 0 Å². The van der Waals surface area contributed by atoms with Crippen molar-refractivity contribution in [2.24, 2.45) is 0 Å². The van der Waals surface area contributed by atoms with Crippen molar-refractivity contribution in [2.45, 2.75) is 109 Å². The number of hydrogen-bond acceptors (Lipinski definition) is 37. The van der Waals surface area contributed by atoms with Gasteiger partial charge < -0.3 is 103 Å². The zero-order valence-electron chi connectivity index (χ0n) is 82.8. The minimum absolute atomic E-state index is 0.00660. The number of ether oxygens (including phenoxy) is 8. The third-order valence-electron chi connectivity index (χ3n) is 24.8. The van der Waals surface area contributed by atoms with Crippen molar-refractivity contribution in [1.29, 1.82) is 15.8 Å². The summed E-state index contributed by atoms with van der Waals surface area (Å²) < 4.78 is 89.5. The number of hydrogen-bond donors (Lipinski definition) is 11. The van der Waals surface area contributed by atoms with Gasteiger partial charge in [0.15, 0.2) is 11.6 Å². The lowest BCUT2D eigenvalue weighted by molar-refractivity contribution is 0.0230. The van der Waals surface area contributed by atoms with E-state index >= 15 is 0 Å². The molecule has 18 heterocycles. The SMILES string of the molecule is CC(C)(C)OC(=O)N1Cc2nc(-c3c(F)cccc3C#N)cc(-n3ccc(N4CCOC[C@@H]4CO)n3)c2C1=O.CC(C)(C)OC(=O)N1Cc2nc(-c3c(F)cccc3C#N)cc(Cl)c2C1=O.N#Cc1cccc(F)c1-c1cc(-n2ccc(N3CCOC[C@@H]3CO)n2)c2c(n1)CNC2=O.OC[C@@H]1COCCN1c1ccn[nH]1.OC[C@H]1COCCN1c1ccn[nH]1.OC[C@H]1COCCN1c1ccn[nH]1.OC[C@H]1COCCN1c1ccn[nH]1. The largest absolute Gasteiger partial charge is 0.443 e. The molecule has 11 N–H and O–H groups in total. The van der Waals surface area contributed by atoms with Crippen LogP contribution in [-0.2, 0) is 57.5 Å². The van der Waals surface area contributed by atoms with Crippen LogP contribution in [-0.4, -0.2) is 351 Å². The molecule has 0 saturated carbocycles. The van der Waals surface area contributed by atoms with Crippen LogP contribution in [0.5, 0.6) is 0 Å². The predicted molar refractivity (Wildman–Crippen MR) is 534 cm³/mol. The van der Waals surface area contributed by atoms with E-state index in [1.165, 1.54) is 71.4 Å². The van der Waals surface area contributed by atoms with Crippen LogP contribution in [0.25, 0.3) is 45.1 Å². The molecule has 0 aliphatic carbocycles. The minimum Gasteiger partial charge on any atom is -0.443 e. The molecule has 9 aliphatic rings. The summed E-state index contributed by atoms with van der Waals surface area (Å²) >= 11 is 6.23. The summed E-state index contributed by atoms with van der Waals surface area (Å²) in [6, 6.07) is 33.5. The van der Waals surface area contributed by atoms with Gasteiger partial charge in [0.05, 0.1) is 318 Å². The minimum atomic E-state index is -0.833. The number of aromatic nitrogens is 15. The average Bonchev–Trinajstić information content (AvgIpc) is 1.59. The molecule has 3 aromatic carbocycles. The number of aliphatic hydroxyl groups excluding tert-OH is 6. The first-order valence-electron chi connectivity index (χ1n) is 48.0. The number of imide groups is 2. The predicted octanol–water partition coefficient (Wildman–Crippen LogP) is 7.15. The number of morpholine rings is 6. The molecule has 9 aliphatic heterocycles. The Morgan fingerprint density at radius 1 is 0.413 bits per heavy atom. The third kappa shape index (κ3) is 25.6. The Bertz CT molecular complexity index is 6560. The van der Waals surface area contributed by atoms with Crippen molar-refractivity contribution in [2.75, 3.05) is 188 Å². The first-order valence-corrected chi connectivity index (χ1v) is 48.4. The van der Waals surface area contributed by atoms with Crippen LogP contribution < -0.4 is 34.7 Å². The van der Waals surface area contributed by atoms with Gasteiger partial charge in [-0.15, -0.1) is 0 Å². The number of anilines is 6. The zero-order valence-corrected chi connectivity index (χ0v) is 83.5. The lowest BCUT2D eigenvalue weighted by Crippen LogP contribution is -2.47. The molecule has 0 unspecified atom stereocenters. The number of amides is 5. The smallest absolute Gasteiger partial charge is 0.417 e. The Balaban J connectivity index is 0.000000137. The van der Waals surface area contributed by atoms with E-state index in [-0.39, 0.29) is 185 Å². The standard InChI is InChI=1S/C27H27FN6O5.C22H19FN6O3.C19H15ClFN3O3.4C8H13N3O2/c1-27(2,3)39-26(37)33-13-20-24(25(33)36)21(11-19(30-20)23-16(12-29)5-4-6-18(23)28)34-8-7-22(31-34)32-9-10-38-15-17(32)14-35;23-15-3-1-2-13(9-24)20(15)16-8-18(21-17(26-16)10-25-22(21)31)29-5-4-19(27-29)28-6-7-32-12-14(28)11-30;1-19(2,3)27-18(26)24-9-14-16(17(24)25)11(20)7-13(23-14)15-10(8-22)5-4-6-12(15)21;4*12-5-7-6-13-4-3-11(7)8-1-2-9-10-8/h4-8,11,17,35H,9-10,13-15H2,1-3H3;1-5,8,14,30H,6-7,10-12H2,(H,25,31);4-7H,9H2,1-3H3;4*1-2,7,12H,3-6H2,(H,9,10)/t17-;14-;;4*7-/m00.1000/s1. The molecule has 6 atom stereocenters. The number of nitrogens with zero attached hydrogens (tertiary/aromatic N) is 22. The quantitative estimate of drug-likeness (QED) is 0.0431. The van der Waals surface area contributed by atoms with E-state index in [4.69, 9.17) is 69.9 Å². The van der Waals surface area contributed by atoms with E-state index in [9.17, 15) is 63.1 Å². The maximum absolute atomic E-state index is 15.0. The molecule has 0 bridgehead atoms. The topological polar surface area (TPSA) is 579 Å². The van der Waals surface area contributed by atoms with Crippen LogP contribution in [0, 0.1) is 51.4 Å². The summed E-state index contributed by atoms with van der Waals surface area (Å²) in [4.78, 5) is 91.0. The molecular weight excluding hydrogens is 1980 g/mol. The van der Waals surface area contributed by atoms with E-state index in [2.05, 4.69) is 90.9 Å². The van der Waals surface area contributed by atoms with E-state index in [0.717, 1.165) is 59.3 Å². The molecular formula is C100H113ClF3N27O19.